The Bertz CT molecular complexity index is 660. The molecule has 0 aliphatic rings. The van der Waals surface area contributed by atoms with Crippen molar-refractivity contribution in [2.75, 3.05) is 6.54 Å². The van der Waals surface area contributed by atoms with Gasteiger partial charge in [-0.15, -0.1) is 0 Å². The lowest BCUT2D eigenvalue weighted by molar-refractivity contribution is -0.141. The number of carbonyl (C=O) groups is 1. The van der Waals surface area contributed by atoms with Gasteiger partial charge in [0.1, 0.15) is 4.90 Å². The SMILES string of the molecule is CC(O)(CNS(=O)(=O)c1ccc(F)c(F)c1F)CC(=O)O. The second kappa shape index (κ2) is 6.00. The molecule has 0 fully saturated rings. The average molecular weight is 327 g/mol. The Kier molecular flexibility index (Phi) is 4.97. The Hall–Kier alpha value is -1.65. The summed E-state index contributed by atoms with van der Waals surface area (Å²) in [7, 11) is -4.58. The van der Waals surface area contributed by atoms with Crippen LogP contribution in [0.25, 0.3) is 0 Å². The summed E-state index contributed by atoms with van der Waals surface area (Å²) in [4.78, 5) is 9.31. The third-order valence-corrected chi connectivity index (χ3v) is 3.88. The van der Waals surface area contributed by atoms with Crippen molar-refractivity contribution in [2.24, 2.45) is 0 Å². The number of rotatable bonds is 6. The largest absolute Gasteiger partial charge is 0.481 e. The van der Waals surface area contributed by atoms with Crippen LogP contribution in [0.3, 0.4) is 0 Å². The molecule has 1 rings (SSSR count). The minimum Gasteiger partial charge on any atom is -0.481 e. The van der Waals surface area contributed by atoms with Crippen LogP contribution in [0, 0.1) is 17.5 Å². The molecule has 1 aromatic rings. The van der Waals surface area contributed by atoms with Crippen molar-refractivity contribution in [3.63, 3.8) is 0 Å². The van der Waals surface area contributed by atoms with Gasteiger partial charge in [-0.2, -0.15) is 0 Å². The molecule has 6 nitrogen and oxygen atoms in total. The molecular weight excluding hydrogens is 315 g/mol. The second-order valence-corrected chi connectivity index (χ2v) is 6.30. The highest BCUT2D eigenvalue weighted by Gasteiger charge is 2.29. The first-order chi connectivity index (χ1) is 9.46. The molecule has 0 bridgehead atoms. The van der Waals surface area contributed by atoms with Gasteiger partial charge in [0.25, 0.3) is 0 Å². The monoisotopic (exact) mass is 327 g/mol. The van der Waals surface area contributed by atoms with E-state index in [1.54, 1.807) is 4.72 Å². The van der Waals surface area contributed by atoms with Crippen LogP contribution in [0.4, 0.5) is 13.2 Å². The van der Waals surface area contributed by atoms with E-state index in [0.29, 0.717) is 12.1 Å². The van der Waals surface area contributed by atoms with E-state index in [4.69, 9.17) is 5.11 Å². The summed E-state index contributed by atoms with van der Waals surface area (Å²) in [6.07, 6.45) is -0.768. The van der Waals surface area contributed by atoms with Crippen molar-refractivity contribution in [1.29, 1.82) is 0 Å². The summed E-state index contributed by atoms with van der Waals surface area (Å²) in [6.45, 7) is 0.297. The smallest absolute Gasteiger partial charge is 0.306 e. The fourth-order valence-electron chi connectivity index (χ4n) is 1.43. The summed E-state index contributed by atoms with van der Waals surface area (Å²) in [5, 5.41) is 18.1. The summed E-state index contributed by atoms with van der Waals surface area (Å²) in [5.41, 5.74) is -1.94. The zero-order valence-corrected chi connectivity index (χ0v) is 11.5. The van der Waals surface area contributed by atoms with Gasteiger partial charge in [-0.3, -0.25) is 4.79 Å². The van der Waals surface area contributed by atoms with Gasteiger partial charge in [0, 0.05) is 6.54 Å². The van der Waals surface area contributed by atoms with Gasteiger partial charge in [-0.1, -0.05) is 0 Å². The van der Waals surface area contributed by atoms with Crippen LogP contribution in [0.5, 0.6) is 0 Å². The fraction of sp³-hybridized carbons (Fsp3) is 0.364. The maximum atomic E-state index is 13.4. The van der Waals surface area contributed by atoms with Crippen LogP contribution < -0.4 is 4.72 Å². The average Bonchev–Trinajstić information content (AvgIpc) is 2.32. The third kappa shape index (κ3) is 4.41. The van der Waals surface area contributed by atoms with Gasteiger partial charge in [0.2, 0.25) is 10.0 Å². The number of halogens is 3. The maximum absolute atomic E-state index is 13.4. The Morgan fingerprint density at radius 2 is 1.86 bits per heavy atom. The van der Waals surface area contributed by atoms with Crippen molar-refractivity contribution in [3.8, 4) is 0 Å². The van der Waals surface area contributed by atoms with E-state index in [-0.39, 0.29) is 0 Å². The van der Waals surface area contributed by atoms with Gasteiger partial charge >= 0.3 is 5.97 Å². The number of carboxylic acid groups (broad SMARTS) is 1. The van der Waals surface area contributed by atoms with E-state index in [0.717, 1.165) is 6.92 Å². The fourth-order valence-corrected chi connectivity index (χ4v) is 2.66. The van der Waals surface area contributed by atoms with Gasteiger partial charge < -0.3 is 10.2 Å². The molecule has 3 N–H and O–H groups in total. The highest BCUT2D eigenvalue weighted by molar-refractivity contribution is 7.89. The van der Waals surface area contributed by atoms with Crippen LogP contribution in [-0.4, -0.2) is 36.7 Å². The van der Waals surface area contributed by atoms with Gasteiger partial charge in [-0.05, 0) is 19.1 Å². The van der Waals surface area contributed by atoms with E-state index in [2.05, 4.69) is 0 Å². The Labute approximate surface area is 118 Å². The summed E-state index contributed by atoms with van der Waals surface area (Å²) in [5.74, 6) is -6.78. The zero-order valence-electron chi connectivity index (χ0n) is 10.7. The molecule has 0 heterocycles. The molecule has 1 atom stereocenters. The summed E-state index contributed by atoms with van der Waals surface area (Å²) >= 11 is 0. The molecular formula is C11H12F3NO5S. The molecule has 0 amide bonds. The first-order valence-electron chi connectivity index (χ1n) is 5.53. The molecule has 0 radical (unpaired) electrons. The maximum Gasteiger partial charge on any atom is 0.306 e. The molecule has 0 saturated carbocycles. The number of carboxylic acids is 1. The minimum atomic E-state index is -4.58. The number of aliphatic carboxylic acids is 1. The van der Waals surface area contributed by atoms with Crippen molar-refractivity contribution in [2.45, 2.75) is 23.8 Å². The molecule has 118 valence electrons. The number of nitrogens with one attached hydrogen (secondary N) is 1. The molecule has 1 aromatic carbocycles. The van der Waals surface area contributed by atoms with Gasteiger partial charge in [-0.25, -0.2) is 26.3 Å². The molecule has 0 saturated heterocycles. The number of hydrogen-bond acceptors (Lipinski definition) is 4. The third-order valence-electron chi connectivity index (χ3n) is 2.46. The molecule has 0 aromatic heterocycles. The summed E-state index contributed by atoms with van der Waals surface area (Å²) < 4.78 is 64.4. The second-order valence-electron chi connectivity index (χ2n) is 4.57. The minimum absolute atomic E-state index is 0.433. The first-order valence-corrected chi connectivity index (χ1v) is 7.02. The predicted molar refractivity (Wildman–Crippen MR) is 64.4 cm³/mol. The Balaban J connectivity index is 2.98. The number of aliphatic hydroxyl groups is 1. The zero-order chi connectivity index (χ0) is 16.4. The van der Waals surface area contributed by atoms with Crippen molar-refractivity contribution < 1.29 is 36.6 Å². The standard InChI is InChI=1S/C11H12F3NO5S/c1-11(18,4-8(16)17)5-15-21(19,20)7-3-2-6(12)9(13)10(7)14/h2-3,15,18H,4-5H2,1H3,(H,16,17). The van der Waals surface area contributed by atoms with Gasteiger partial charge in [0.05, 0.1) is 12.0 Å². The normalized spacial score (nSPS) is 14.7. The Morgan fingerprint density at radius 3 is 2.38 bits per heavy atom. The quantitative estimate of drug-likeness (QED) is 0.664. The molecule has 0 aliphatic heterocycles. The van der Waals surface area contributed by atoms with Gasteiger partial charge in [0.15, 0.2) is 17.5 Å². The topological polar surface area (TPSA) is 104 Å². The lowest BCUT2D eigenvalue weighted by atomic mass is 10.0. The molecule has 21 heavy (non-hydrogen) atoms. The van der Waals surface area contributed by atoms with Crippen molar-refractivity contribution in [1.82, 2.24) is 4.72 Å². The molecule has 0 spiro atoms. The van der Waals surface area contributed by atoms with E-state index < -0.39 is 56.9 Å². The highest BCUT2D eigenvalue weighted by Crippen LogP contribution is 2.20. The summed E-state index contributed by atoms with van der Waals surface area (Å²) in [6, 6.07) is 0.949. The van der Waals surface area contributed by atoms with Crippen LogP contribution in [-0.2, 0) is 14.8 Å². The van der Waals surface area contributed by atoms with E-state index >= 15 is 0 Å². The van der Waals surface area contributed by atoms with Crippen LogP contribution >= 0.6 is 0 Å². The van der Waals surface area contributed by atoms with E-state index in [1.165, 1.54) is 0 Å². The van der Waals surface area contributed by atoms with Crippen LogP contribution in [0.15, 0.2) is 17.0 Å². The number of sulfonamides is 1. The first kappa shape index (κ1) is 17.4. The lowest BCUT2D eigenvalue weighted by Gasteiger charge is -2.21. The molecule has 0 aliphatic carbocycles. The van der Waals surface area contributed by atoms with E-state index in [9.17, 15) is 31.5 Å². The molecule has 1 unspecified atom stereocenters. The predicted octanol–water partition coefficient (Wildman–Crippen LogP) is 0.608. The lowest BCUT2D eigenvalue weighted by Crippen LogP contribution is -2.42. The van der Waals surface area contributed by atoms with Crippen LogP contribution in [0.1, 0.15) is 13.3 Å². The van der Waals surface area contributed by atoms with Crippen LogP contribution in [0.2, 0.25) is 0 Å². The van der Waals surface area contributed by atoms with Crippen molar-refractivity contribution in [3.05, 3.63) is 29.6 Å². The Morgan fingerprint density at radius 1 is 1.29 bits per heavy atom. The molecule has 10 heteroatoms. The number of benzene rings is 1. The highest BCUT2D eigenvalue weighted by atomic mass is 32.2. The van der Waals surface area contributed by atoms with Crippen molar-refractivity contribution >= 4 is 16.0 Å². The van der Waals surface area contributed by atoms with E-state index in [1.807, 2.05) is 0 Å². The number of hydrogen-bond donors (Lipinski definition) is 3.